The lowest BCUT2D eigenvalue weighted by Crippen LogP contribution is -2.35. The summed E-state index contributed by atoms with van der Waals surface area (Å²) in [5.74, 6) is -0.00999. The summed E-state index contributed by atoms with van der Waals surface area (Å²) in [6, 6.07) is 3.22. The molecule has 0 unspecified atom stereocenters. The van der Waals surface area contributed by atoms with Crippen LogP contribution in [0.4, 0.5) is 16.2 Å². The molecule has 1 heterocycles. The van der Waals surface area contributed by atoms with Gasteiger partial charge in [0.2, 0.25) is 0 Å². The summed E-state index contributed by atoms with van der Waals surface area (Å²) in [4.78, 5) is 13.5. The average Bonchev–Trinajstić information content (AvgIpc) is 2.59. The van der Waals surface area contributed by atoms with Crippen molar-refractivity contribution < 1.29 is 14.6 Å². The van der Waals surface area contributed by atoms with Crippen molar-refractivity contribution in [1.82, 2.24) is 0 Å². The number of benzene rings is 1. The first-order valence-electron chi connectivity index (χ1n) is 5.90. The minimum absolute atomic E-state index is 0.00999. The van der Waals surface area contributed by atoms with E-state index in [2.05, 4.69) is 0 Å². The first kappa shape index (κ1) is 12.5. The third kappa shape index (κ3) is 2.34. The molecule has 3 N–H and O–H groups in total. The van der Waals surface area contributed by atoms with Crippen molar-refractivity contribution in [3.05, 3.63) is 17.7 Å². The summed E-state index contributed by atoms with van der Waals surface area (Å²) < 4.78 is 5.32. The Morgan fingerprint density at radius 3 is 2.72 bits per heavy atom. The van der Waals surface area contributed by atoms with Gasteiger partial charge in [-0.15, -0.1) is 0 Å². The van der Waals surface area contributed by atoms with Crippen molar-refractivity contribution in [2.24, 2.45) is 0 Å². The van der Waals surface area contributed by atoms with Gasteiger partial charge < -0.3 is 15.6 Å². The van der Waals surface area contributed by atoms with Gasteiger partial charge >= 0.3 is 6.09 Å². The number of anilines is 2. The zero-order chi connectivity index (χ0) is 13.5. The second kappa shape index (κ2) is 4.08. The third-order valence-corrected chi connectivity index (χ3v) is 2.74. The molecule has 0 saturated heterocycles. The molecule has 0 atom stereocenters. The molecule has 1 aromatic carbocycles. The molecule has 0 radical (unpaired) electrons. The van der Waals surface area contributed by atoms with Crippen LogP contribution in [0.3, 0.4) is 0 Å². The monoisotopic (exact) mass is 250 g/mol. The first-order chi connectivity index (χ1) is 8.28. The zero-order valence-corrected chi connectivity index (χ0v) is 10.9. The first-order valence-corrected chi connectivity index (χ1v) is 5.90. The van der Waals surface area contributed by atoms with Gasteiger partial charge in [-0.3, -0.25) is 4.90 Å². The van der Waals surface area contributed by atoms with E-state index in [1.54, 1.807) is 6.07 Å². The number of aromatic hydroxyl groups is 1. The van der Waals surface area contributed by atoms with Gasteiger partial charge in [0.05, 0.1) is 11.4 Å². The van der Waals surface area contributed by atoms with Crippen molar-refractivity contribution in [2.45, 2.75) is 32.8 Å². The summed E-state index contributed by atoms with van der Waals surface area (Å²) in [7, 11) is 0. The second-order valence-electron chi connectivity index (χ2n) is 5.42. The number of ether oxygens (including phenoxy) is 1. The summed E-state index contributed by atoms with van der Waals surface area (Å²) in [6.07, 6.45) is 0.324. The molecule has 1 aliphatic heterocycles. The molecule has 1 aliphatic rings. The van der Waals surface area contributed by atoms with E-state index in [0.29, 0.717) is 17.9 Å². The fourth-order valence-electron chi connectivity index (χ4n) is 1.95. The number of nitrogens with zero attached hydrogens (tertiary/aromatic N) is 1. The van der Waals surface area contributed by atoms with E-state index in [4.69, 9.17) is 10.5 Å². The number of amides is 1. The zero-order valence-electron chi connectivity index (χ0n) is 10.9. The highest BCUT2D eigenvalue weighted by molar-refractivity contribution is 5.91. The fraction of sp³-hybridized carbons (Fsp3) is 0.462. The summed E-state index contributed by atoms with van der Waals surface area (Å²) in [6.45, 7) is 6.01. The van der Waals surface area contributed by atoms with Crippen molar-refractivity contribution in [3.63, 3.8) is 0 Å². The third-order valence-electron chi connectivity index (χ3n) is 2.74. The van der Waals surface area contributed by atoms with Crippen LogP contribution in [0.5, 0.6) is 5.75 Å². The van der Waals surface area contributed by atoms with Gasteiger partial charge in [0.1, 0.15) is 11.4 Å². The van der Waals surface area contributed by atoms with Gasteiger partial charge in [-0.1, -0.05) is 0 Å². The van der Waals surface area contributed by atoms with E-state index in [9.17, 15) is 9.90 Å². The van der Waals surface area contributed by atoms with Crippen molar-refractivity contribution >= 4 is 17.5 Å². The normalized spacial score (nSPS) is 14.5. The molecule has 98 valence electrons. The Bertz CT molecular complexity index is 492. The standard InChI is InChI=1S/C13H18N2O3/c1-13(2,3)18-12(17)15-5-4-8-6-9(14)11(16)7-10(8)15/h6-7,16H,4-5,14H2,1-3H3. The number of carbonyl (C=O) groups excluding carboxylic acids is 1. The van der Waals surface area contributed by atoms with Crippen LogP contribution >= 0.6 is 0 Å². The molecule has 5 nitrogen and oxygen atoms in total. The molecule has 0 bridgehead atoms. The molecule has 1 aromatic rings. The van der Waals surface area contributed by atoms with Crippen molar-refractivity contribution in [1.29, 1.82) is 0 Å². The highest BCUT2D eigenvalue weighted by atomic mass is 16.6. The van der Waals surface area contributed by atoms with Crippen LogP contribution in [0.2, 0.25) is 0 Å². The van der Waals surface area contributed by atoms with Crippen LogP contribution < -0.4 is 10.6 Å². The van der Waals surface area contributed by atoms with E-state index in [-0.39, 0.29) is 5.75 Å². The minimum Gasteiger partial charge on any atom is -0.506 e. The Balaban J connectivity index is 2.26. The SMILES string of the molecule is CC(C)(C)OC(=O)N1CCc2cc(N)c(O)cc21. The molecule has 5 heteroatoms. The predicted octanol–water partition coefficient (Wildman–Crippen LogP) is 2.27. The number of nitrogens with two attached hydrogens (primary N) is 1. The lowest BCUT2D eigenvalue weighted by atomic mass is 10.1. The summed E-state index contributed by atoms with van der Waals surface area (Å²) in [5.41, 5.74) is 7.06. The second-order valence-corrected chi connectivity index (χ2v) is 5.42. The van der Waals surface area contributed by atoms with Gasteiger partial charge in [0.15, 0.2) is 0 Å². The van der Waals surface area contributed by atoms with E-state index in [1.165, 1.54) is 11.0 Å². The van der Waals surface area contributed by atoms with E-state index >= 15 is 0 Å². The number of hydrogen-bond donors (Lipinski definition) is 2. The van der Waals surface area contributed by atoms with Crippen LogP contribution in [0.25, 0.3) is 0 Å². The van der Waals surface area contributed by atoms with Crippen molar-refractivity contribution in [2.75, 3.05) is 17.2 Å². The van der Waals surface area contributed by atoms with Crippen LogP contribution in [-0.4, -0.2) is 23.3 Å². The lowest BCUT2D eigenvalue weighted by molar-refractivity contribution is 0.0584. The smallest absolute Gasteiger partial charge is 0.414 e. The number of nitrogen functional groups attached to an aromatic ring is 1. The lowest BCUT2D eigenvalue weighted by Gasteiger charge is -2.24. The fourth-order valence-corrected chi connectivity index (χ4v) is 1.95. The molecule has 0 saturated carbocycles. The molecule has 18 heavy (non-hydrogen) atoms. The molecular formula is C13H18N2O3. The number of phenolic OH excluding ortho intramolecular Hbond substituents is 1. The van der Waals surface area contributed by atoms with Crippen LogP contribution in [0, 0.1) is 0 Å². The molecule has 1 amide bonds. The molecule has 0 aromatic heterocycles. The van der Waals surface area contributed by atoms with Gasteiger partial charge in [0, 0.05) is 12.6 Å². The highest BCUT2D eigenvalue weighted by Gasteiger charge is 2.29. The Labute approximate surface area is 106 Å². The van der Waals surface area contributed by atoms with Crippen LogP contribution in [0.15, 0.2) is 12.1 Å². The Hall–Kier alpha value is -1.91. The Morgan fingerprint density at radius 2 is 2.11 bits per heavy atom. The highest BCUT2D eigenvalue weighted by Crippen LogP contribution is 2.35. The van der Waals surface area contributed by atoms with Gasteiger partial charge in [-0.2, -0.15) is 0 Å². The van der Waals surface area contributed by atoms with E-state index in [0.717, 1.165) is 12.0 Å². The van der Waals surface area contributed by atoms with Gasteiger partial charge in [-0.05, 0) is 38.8 Å². The minimum atomic E-state index is -0.532. The maximum atomic E-state index is 12.0. The maximum Gasteiger partial charge on any atom is 0.414 e. The predicted molar refractivity (Wildman–Crippen MR) is 69.8 cm³/mol. The number of fused-ring (bicyclic) bond motifs is 1. The number of rotatable bonds is 0. The molecule has 0 aliphatic carbocycles. The van der Waals surface area contributed by atoms with Crippen LogP contribution in [-0.2, 0) is 11.2 Å². The average molecular weight is 250 g/mol. The van der Waals surface area contributed by atoms with Crippen LogP contribution in [0.1, 0.15) is 26.3 Å². The summed E-state index contributed by atoms with van der Waals surface area (Å²) in [5, 5.41) is 9.61. The largest absolute Gasteiger partial charge is 0.506 e. The summed E-state index contributed by atoms with van der Waals surface area (Å²) >= 11 is 0. The molecule has 0 fully saturated rings. The Morgan fingerprint density at radius 1 is 1.44 bits per heavy atom. The topological polar surface area (TPSA) is 75.8 Å². The molecule has 0 spiro atoms. The quantitative estimate of drug-likeness (QED) is 0.547. The number of phenols is 1. The van der Waals surface area contributed by atoms with E-state index < -0.39 is 11.7 Å². The van der Waals surface area contributed by atoms with Gasteiger partial charge in [-0.25, -0.2) is 4.79 Å². The Kier molecular flexibility index (Phi) is 2.84. The molecule has 2 rings (SSSR count). The maximum absolute atomic E-state index is 12.0. The molecular weight excluding hydrogens is 232 g/mol. The number of hydrogen-bond acceptors (Lipinski definition) is 4. The van der Waals surface area contributed by atoms with Gasteiger partial charge in [0.25, 0.3) is 0 Å². The number of carbonyl (C=O) groups is 1. The van der Waals surface area contributed by atoms with Crippen molar-refractivity contribution in [3.8, 4) is 5.75 Å². The van der Waals surface area contributed by atoms with E-state index in [1.807, 2.05) is 20.8 Å².